The molecule has 1 saturated heterocycles. The van der Waals surface area contributed by atoms with Crippen LogP contribution in [0.5, 0.6) is 0 Å². The number of carbonyl (C=O) groups excluding carboxylic acids is 2. The third-order valence-electron chi connectivity index (χ3n) is 3.59. The van der Waals surface area contributed by atoms with E-state index in [1.165, 1.54) is 12.8 Å². The first-order valence-electron chi connectivity index (χ1n) is 7.46. The zero-order valence-electron chi connectivity index (χ0n) is 11.6. The SMILES string of the molecule is CCCCC(=O)C(=O)CCCCCC1CCC[N]1. The molecule has 3 nitrogen and oxygen atoms in total. The van der Waals surface area contributed by atoms with Crippen LogP contribution in [0.2, 0.25) is 0 Å². The quantitative estimate of drug-likeness (QED) is 0.443. The van der Waals surface area contributed by atoms with Gasteiger partial charge < -0.3 is 0 Å². The predicted octanol–water partition coefficient (Wildman–Crippen LogP) is 3.03. The van der Waals surface area contributed by atoms with E-state index in [9.17, 15) is 9.59 Å². The molecule has 1 heterocycles. The summed E-state index contributed by atoms with van der Waals surface area (Å²) in [5.41, 5.74) is 0. The summed E-state index contributed by atoms with van der Waals surface area (Å²) >= 11 is 0. The minimum Gasteiger partial charge on any atom is -0.291 e. The van der Waals surface area contributed by atoms with Crippen molar-refractivity contribution in [2.24, 2.45) is 0 Å². The van der Waals surface area contributed by atoms with E-state index in [1.807, 2.05) is 6.92 Å². The number of hydrogen-bond donors (Lipinski definition) is 0. The number of ketones is 2. The molecule has 1 radical (unpaired) electrons. The van der Waals surface area contributed by atoms with Crippen molar-refractivity contribution >= 4 is 11.6 Å². The van der Waals surface area contributed by atoms with E-state index in [-0.39, 0.29) is 11.6 Å². The summed E-state index contributed by atoms with van der Waals surface area (Å²) in [6.07, 6.45) is 9.42. The lowest BCUT2D eigenvalue weighted by molar-refractivity contribution is -0.136. The summed E-state index contributed by atoms with van der Waals surface area (Å²) in [7, 11) is 0. The molecule has 1 atom stereocenters. The molecule has 3 heteroatoms. The Hall–Kier alpha value is -0.700. The molecule has 0 spiro atoms. The second-order valence-corrected chi connectivity index (χ2v) is 5.25. The first kappa shape index (κ1) is 15.4. The van der Waals surface area contributed by atoms with E-state index in [2.05, 4.69) is 5.32 Å². The van der Waals surface area contributed by atoms with Gasteiger partial charge in [-0.1, -0.05) is 26.2 Å². The third-order valence-corrected chi connectivity index (χ3v) is 3.59. The van der Waals surface area contributed by atoms with Crippen molar-refractivity contribution in [2.45, 2.75) is 77.2 Å². The number of rotatable bonds is 10. The Morgan fingerprint density at radius 3 is 2.39 bits per heavy atom. The summed E-state index contributed by atoms with van der Waals surface area (Å²) in [5.74, 6) is -0.323. The lowest BCUT2D eigenvalue weighted by Gasteiger charge is -2.07. The van der Waals surface area contributed by atoms with Crippen molar-refractivity contribution in [2.75, 3.05) is 6.54 Å². The minimum atomic E-state index is -0.164. The number of carbonyl (C=O) groups is 2. The van der Waals surface area contributed by atoms with E-state index in [1.54, 1.807) is 0 Å². The largest absolute Gasteiger partial charge is 0.291 e. The highest BCUT2D eigenvalue weighted by Crippen LogP contribution is 2.15. The van der Waals surface area contributed by atoms with Crippen molar-refractivity contribution in [3.63, 3.8) is 0 Å². The van der Waals surface area contributed by atoms with Gasteiger partial charge in [-0.2, -0.15) is 0 Å². The molecule has 0 N–H and O–H groups in total. The summed E-state index contributed by atoms with van der Waals surface area (Å²) in [6.45, 7) is 3.07. The number of unbranched alkanes of at least 4 members (excludes halogenated alkanes) is 3. The highest BCUT2D eigenvalue weighted by Gasteiger charge is 2.15. The van der Waals surface area contributed by atoms with Crippen molar-refractivity contribution in [3.8, 4) is 0 Å². The molecule has 0 saturated carbocycles. The molecule has 0 aromatic carbocycles. The van der Waals surface area contributed by atoms with Crippen LogP contribution in [0, 0.1) is 0 Å². The molecule has 1 unspecified atom stereocenters. The maximum atomic E-state index is 11.5. The van der Waals surface area contributed by atoms with E-state index >= 15 is 0 Å². The average molecular weight is 252 g/mol. The summed E-state index contributed by atoms with van der Waals surface area (Å²) in [6, 6.07) is 0.576. The van der Waals surface area contributed by atoms with Gasteiger partial charge in [0.05, 0.1) is 0 Å². The van der Waals surface area contributed by atoms with Crippen molar-refractivity contribution < 1.29 is 9.59 Å². The van der Waals surface area contributed by atoms with E-state index < -0.39 is 0 Å². The maximum absolute atomic E-state index is 11.5. The second-order valence-electron chi connectivity index (χ2n) is 5.25. The minimum absolute atomic E-state index is 0.158. The molecule has 0 amide bonds. The third kappa shape index (κ3) is 6.29. The summed E-state index contributed by atoms with van der Waals surface area (Å²) < 4.78 is 0. The Bertz CT molecular complexity index is 257. The Kier molecular flexibility index (Phi) is 7.90. The fourth-order valence-electron chi connectivity index (χ4n) is 2.39. The average Bonchev–Trinajstić information content (AvgIpc) is 2.88. The summed E-state index contributed by atoms with van der Waals surface area (Å²) in [5, 5.41) is 4.51. The second kappa shape index (κ2) is 9.26. The van der Waals surface area contributed by atoms with Gasteiger partial charge in [0.15, 0.2) is 11.6 Å². The van der Waals surface area contributed by atoms with Crippen LogP contribution >= 0.6 is 0 Å². The van der Waals surface area contributed by atoms with Crippen LogP contribution in [0.15, 0.2) is 0 Å². The number of nitrogens with zero attached hydrogens (tertiary/aromatic N) is 1. The smallest absolute Gasteiger partial charge is 0.198 e. The van der Waals surface area contributed by atoms with Crippen LogP contribution in [-0.2, 0) is 9.59 Å². The normalized spacial score (nSPS) is 19.1. The highest BCUT2D eigenvalue weighted by atomic mass is 16.2. The topological polar surface area (TPSA) is 48.2 Å². The Labute approximate surface area is 111 Å². The highest BCUT2D eigenvalue weighted by molar-refractivity contribution is 6.37. The van der Waals surface area contributed by atoms with Gasteiger partial charge in [-0.15, -0.1) is 0 Å². The molecule has 18 heavy (non-hydrogen) atoms. The van der Waals surface area contributed by atoms with Gasteiger partial charge in [0.1, 0.15) is 0 Å². The molecule has 1 fully saturated rings. The van der Waals surface area contributed by atoms with Crippen LogP contribution in [0.1, 0.15) is 71.1 Å². The van der Waals surface area contributed by atoms with Gasteiger partial charge in [-0.25, -0.2) is 5.32 Å². The molecule has 1 rings (SSSR count). The first-order chi connectivity index (χ1) is 8.74. The van der Waals surface area contributed by atoms with Gasteiger partial charge in [0.2, 0.25) is 0 Å². The lowest BCUT2D eigenvalue weighted by atomic mass is 10.0. The molecule has 0 aromatic heterocycles. The van der Waals surface area contributed by atoms with Crippen molar-refractivity contribution in [1.29, 1.82) is 0 Å². The Balaban J connectivity index is 1.96. The van der Waals surface area contributed by atoms with Crippen LogP contribution in [0.4, 0.5) is 0 Å². The fourth-order valence-corrected chi connectivity index (χ4v) is 2.39. The van der Waals surface area contributed by atoms with Crippen LogP contribution < -0.4 is 5.32 Å². The van der Waals surface area contributed by atoms with Crippen LogP contribution in [-0.4, -0.2) is 24.2 Å². The molecule has 0 bridgehead atoms. The van der Waals surface area contributed by atoms with E-state index in [0.717, 1.165) is 45.1 Å². The molecule has 1 aliphatic heterocycles. The van der Waals surface area contributed by atoms with Gasteiger partial charge in [-0.05, 0) is 32.1 Å². The molecule has 103 valence electrons. The van der Waals surface area contributed by atoms with Crippen molar-refractivity contribution in [1.82, 2.24) is 5.32 Å². The number of Topliss-reactive ketones (excluding diaryl/α,β-unsaturated/α-hetero) is 2. The van der Waals surface area contributed by atoms with Crippen LogP contribution in [0.25, 0.3) is 0 Å². The predicted molar refractivity (Wildman–Crippen MR) is 72.6 cm³/mol. The fraction of sp³-hybridized carbons (Fsp3) is 0.867. The lowest BCUT2D eigenvalue weighted by Crippen LogP contribution is -2.14. The van der Waals surface area contributed by atoms with Gasteiger partial charge in [-0.3, -0.25) is 9.59 Å². The Morgan fingerprint density at radius 1 is 1.06 bits per heavy atom. The van der Waals surface area contributed by atoms with Gasteiger partial charge in [0.25, 0.3) is 0 Å². The maximum Gasteiger partial charge on any atom is 0.198 e. The van der Waals surface area contributed by atoms with Crippen LogP contribution in [0.3, 0.4) is 0 Å². The van der Waals surface area contributed by atoms with E-state index in [4.69, 9.17) is 0 Å². The standard InChI is InChI=1S/C15H26NO2/c1-2-3-10-14(17)15(18)11-6-4-5-8-13-9-7-12-16-13/h13H,2-12H2,1H3. The zero-order valence-corrected chi connectivity index (χ0v) is 11.6. The molecule has 1 aliphatic rings. The van der Waals surface area contributed by atoms with E-state index in [0.29, 0.717) is 18.9 Å². The van der Waals surface area contributed by atoms with Gasteiger partial charge in [0, 0.05) is 25.4 Å². The Morgan fingerprint density at radius 2 is 1.78 bits per heavy atom. The molecule has 0 aromatic rings. The van der Waals surface area contributed by atoms with Gasteiger partial charge >= 0.3 is 0 Å². The molecular formula is C15H26NO2. The number of hydrogen-bond acceptors (Lipinski definition) is 2. The zero-order chi connectivity index (χ0) is 13.2. The van der Waals surface area contributed by atoms with Crippen molar-refractivity contribution in [3.05, 3.63) is 0 Å². The summed E-state index contributed by atoms with van der Waals surface area (Å²) in [4.78, 5) is 22.9. The molecular weight excluding hydrogens is 226 g/mol. The monoisotopic (exact) mass is 252 g/mol. The first-order valence-corrected chi connectivity index (χ1v) is 7.46. The molecule has 0 aliphatic carbocycles.